The Morgan fingerprint density at radius 2 is 2.28 bits per heavy atom. The summed E-state index contributed by atoms with van der Waals surface area (Å²) in [6, 6.07) is 3.99. The minimum absolute atomic E-state index is 0.000549. The summed E-state index contributed by atoms with van der Waals surface area (Å²) in [6.07, 6.45) is 1.57. The van der Waals surface area contributed by atoms with Gasteiger partial charge >= 0.3 is 0 Å². The smallest absolute Gasteiger partial charge is 0.254 e. The molecule has 0 aromatic heterocycles. The Balaban J connectivity index is 2.41. The Kier molecular flexibility index (Phi) is 5.58. The minimum Gasteiger partial charge on any atom is -0.399 e. The first-order valence-corrected chi connectivity index (χ1v) is 5.98. The van der Waals surface area contributed by atoms with Crippen LogP contribution in [0.3, 0.4) is 0 Å². The molecular formula is C13H19FN2O2. The van der Waals surface area contributed by atoms with Gasteiger partial charge in [0.05, 0.1) is 5.56 Å². The maximum Gasteiger partial charge on any atom is 0.254 e. The van der Waals surface area contributed by atoms with Crippen LogP contribution < -0.4 is 11.1 Å². The number of carbonyl (C=O) groups excluding carboxylic acids is 1. The van der Waals surface area contributed by atoms with E-state index in [-0.39, 0.29) is 18.1 Å². The second-order valence-electron chi connectivity index (χ2n) is 4.43. The number of nitrogens with two attached hydrogens (primary N) is 1. The number of nitrogens with one attached hydrogen (secondary N) is 1. The molecule has 0 heterocycles. The largest absolute Gasteiger partial charge is 0.399 e. The van der Waals surface area contributed by atoms with Gasteiger partial charge in [-0.15, -0.1) is 0 Å². The quantitative estimate of drug-likeness (QED) is 0.532. The molecule has 0 saturated carbocycles. The van der Waals surface area contributed by atoms with Gasteiger partial charge in [0, 0.05) is 18.8 Å². The van der Waals surface area contributed by atoms with Crippen LogP contribution in [0.1, 0.15) is 30.1 Å². The Labute approximate surface area is 106 Å². The maximum atomic E-state index is 13.4. The molecule has 0 fully saturated rings. The number of amides is 1. The van der Waals surface area contributed by atoms with Gasteiger partial charge in [-0.3, -0.25) is 4.79 Å². The summed E-state index contributed by atoms with van der Waals surface area (Å²) < 4.78 is 13.4. The highest BCUT2D eigenvalue weighted by molar-refractivity contribution is 5.94. The summed E-state index contributed by atoms with van der Waals surface area (Å²) in [5.41, 5.74) is 5.69. The maximum absolute atomic E-state index is 13.4. The number of aliphatic hydroxyl groups excluding tert-OH is 1. The number of hydrogen-bond acceptors (Lipinski definition) is 3. The predicted octanol–water partition coefficient (Wildman–Crippen LogP) is 1.55. The van der Waals surface area contributed by atoms with Gasteiger partial charge in [-0.05, 0) is 37.0 Å². The van der Waals surface area contributed by atoms with Gasteiger partial charge in [0.1, 0.15) is 5.82 Å². The molecule has 0 aliphatic heterocycles. The van der Waals surface area contributed by atoms with Gasteiger partial charge in [-0.1, -0.05) is 6.92 Å². The highest BCUT2D eigenvalue weighted by Crippen LogP contribution is 2.11. The van der Waals surface area contributed by atoms with Crippen LogP contribution in [0.15, 0.2) is 18.2 Å². The molecule has 4 nitrogen and oxygen atoms in total. The fraction of sp³-hybridized carbons (Fsp3) is 0.462. The van der Waals surface area contributed by atoms with E-state index in [0.717, 1.165) is 18.9 Å². The first-order chi connectivity index (χ1) is 8.54. The Bertz CT molecular complexity index is 410. The Hall–Kier alpha value is -1.62. The van der Waals surface area contributed by atoms with Crippen molar-refractivity contribution in [1.29, 1.82) is 0 Å². The molecule has 1 unspecified atom stereocenters. The molecule has 1 aromatic rings. The zero-order valence-electron chi connectivity index (χ0n) is 10.4. The number of nitrogen functional groups attached to an aromatic ring is 1. The van der Waals surface area contributed by atoms with Crippen LogP contribution in [0.5, 0.6) is 0 Å². The fourth-order valence-electron chi connectivity index (χ4n) is 1.55. The average Bonchev–Trinajstić information content (AvgIpc) is 2.34. The third-order valence-electron chi connectivity index (χ3n) is 2.71. The van der Waals surface area contributed by atoms with Crippen molar-refractivity contribution in [2.24, 2.45) is 5.92 Å². The summed E-state index contributed by atoms with van der Waals surface area (Å²) in [5, 5.41) is 11.5. The van der Waals surface area contributed by atoms with Crippen molar-refractivity contribution >= 4 is 11.6 Å². The van der Waals surface area contributed by atoms with Crippen LogP contribution in [0.4, 0.5) is 10.1 Å². The highest BCUT2D eigenvalue weighted by atomic mass is 19.1. The normalized spacial score (nSPS) is 12.2. The van der Waals surface area contributed by atoms with Gasteiger partial charge in [-0.25, -0.2) is 4.39 Å². The zero-order valence-corrected chi connectivity index (χ0v) is 10.4. The molecule has 100 valence electrons. The fourth-order valence-corrected chi connectivity index (χ4v) is 1.55. The van der Waals surface area contributed by atoms with Crippen molar-refractivity contribution in [3.05, 3.63) is 29.6 Å². The highest BCUT2D eigenvalue weighted by Gasteiger charge is 2.11. The molecule has 4 N–H and O–H groups in total. The first-order valence-electron chi connectivity index (χ1n) is 5.98. The summed E-state index contributed by atoms with van der Waals surface area (Å²) in [4.78, 5) is 11.6. The van der Waals surface area contributed by atoms with Crippen molar-refractivity contribution in [3.8, 4) is 0 Å². The second kappa shape index (κ2) is 6.96. The topological polar surface area (TPSA) is 75.3 Å². The van der Waals surface area contributed by atoms with E-state index in [1.54, 1.807) is 0 Å². The van der Waals surface area contributed by atoms with Crippen LogP contribution >= 0.6 is 0 Å². The molecule has 1 atom stereocenters. The van der Waals surface area contributed by atoms with Crippen LogP contribution in [0, 0.1) is 11.7 Å². The van der Waals surface area contributed by atoms with Gasteiger partial charge in [0.25, 0.3) is 5.91 Å². The van der Waals surface area contributed by atoms with Crippen molar-refractivity contribution in [3.63, 3.8) is 0 Å². The number of aliphatic hydroxyl groups is 1. The van der Waals surface area contributed by atoms with Gasteiger partial charge in [0.2, 0.25) is 0 Å². The third-order valence-corrected chi connectivity index (χ3v) is 2.71. The molecule has 0 bridgehead atoms. The van der Waals surface area contributed by atoms with Crippen molar-refractivity contribution < 1.29 is 14.3 Å². The lowest BCUT2D eigenvalue weighted by molar-refractivity contribution is 0.0948. The van der Waals surface area contributed by atoms with Crippen LogP contribution in [-0.4, -0.2) is 24.2 Å². The van der Waals surface area contributed by atoms with E-state index in [2.05, 4.69) is 5.32 Å². The van der Waals surface area contributed by atoms with Crippen molar-refractivity contribution in [2.75, 3.05) is 18.9 Å². The number of carbonyl (C=O) groups is 1. The number of anilines is 1. The molecule has 0 aliphatic carbocycles. The lowest BCUT2D eigenvalue weighted by Crippen LogP contribution is -2.25. The summed E-state index contributed by atoms with van der Waals surface area (Å²) in [5.74, 6) is -0.837. The third kappa shape index (κ3) is 4.33. The molecule has 1 rings (SSSR count). The number of benzene rings is 1. The lowest BCUT2D eigenvalue weighted by atomic mass is 10.1. The van der Waals surface area contributed by atoms with E-state index in [9.17, 15) is 9.18 Å². The summed E-state index contributed by atoms with van der Waals surface area (Å²) in [6.45, 7) is 2.54. The molecule has 5 heteroatoms. The summed E-state index contributed by atoms with van der Waals surface area (Å²) in [7, 11) is 0. The van der Waals surface area contributed by atoms with Crippen molar-refractivity contribution in [1.82, 2.24) is 5.32 Å². The summed E-state index contributed by atoms with van der Waals surface area (Å²) >= 11 is 0. The van der Waals surface area contributed by atoms with Gasteiger partial charge in [-0.2, -0.15) is 0 Å². The molecule has 0 radical (unpaired) electrons. The zero-order chi connectivity index (χ0) is 13.5. The van der Waals surface area contributed by atoms with E-state index in [1.807, 2.05) is 6.92 Å². The Morgan fingerprint density at radius 1 is 1.56 bits per heavy atom. The second-order valence-corrected chi connectivity index (χ2v) is 4.43. The minimum atomic E-state index is -0.615. The lowest BCUT2D eigenvalue weighted by Gasteiger charge is -2.09. The van der Waals surface area contributed by atoms with E-state index >= 15 is 0 Å². The van der Waals surface area contributed by atoms with E-state index in [0.29, 0.717) is 12.2 Å². The monoisotopic (exact) mass is 254 g/mol. The molecule has 18 heavy (non-hydrogen) atoms. The number of halogens is 1. The SMILES string of the molecule is CC(CO)CCCNC(=O)c1ccc(N)cc1F. The van der Waals surface area contributed by atoms with E-state index in [4.69, 9.17) is 10.8 Å². The van der Waals surface area contributed by atoms with E-state index in [1.165, 1.54) is 12.1 Å². The number of rotatable bonds is 6. The van der Waals surface area contributed by atoms with Crippen LogP contribution in [0.25, 0.3) is 0 Å². The van der Waals surface area contributed by atoms with Gasteiger partial charge < -0.3 is 16.2 Å². The first kappa shape index (κ1) is 14.4. The predicted molar refractivity (Wildman–Crippen MR) is 68.6 cm³/mol. The van der Waals surface area contributed by atoms with E-state index < -0.39 is 11.7 Å². The van der Waals surface area contributed by atoms with Gasteiger partial charge in [0.15, 0.2) is 0 Å². The Morgan fingerprint density at radius 3 is 2.89 bits per heavy atom. The number of hydrogen-bond donors (Lipinski definition) is 3. The standard InChI is InChI=1S/C13H19FN2O2/c1-9(8-17)3-2-6-16-13(18)11-5-4-10(15)7-12(11)14/h4-5,7,9,17H,2-3,6,8,15H2,1H3,(H,16,18). The molecule has 1 amide bonds. The molecular weight excluding hydrogens is 235 g/mol. The molecule has 0 spiro atoms. The average molecular weight is 254 g/mol. The van der Waals surface area contributed by atoms with Crippen LogP contribution in [0.2, 0.25) is 0 Å². The van der Waals surface area contributed by atoms with Crippen LogP contribution in [-0.2, 0) is 0 Å². The van der Waals surface area contributed by atoms with Crippen molar-refractivity contribution in [2.45, 2.75) is 19.8 Å². The molecule has 1 aromatic carbocycles. The molecule has 0 saturated heterocycles. The molecule has 0 aliphatic rings.